The average Bonchev–Trinajstić information content (AvgIpc) is 2.95. The summed E-state index contributed by atoms with van der Waals surface area (Å²) >= 11 is 0. The molecule has 2 aromatic rings. The zero-order chi connectivity index (χ0) is 18.1. The molecule has 0 spiro atoms. The lowest BCUT2D eigenvalue weighted by Crippen LogP contribution is -2.20. The molecule has 0 saturated heterocycles. The first-order valence-electron chi connectivity index (χ1n) is 6.96. The van der Waals surface area contributed by atoms with Crippen LogP contribution in [0.1, 0.15) is 39.1 Å². The number of nitrogens with zero attached hydrogens (tertiary/aromatic N) is 3. The standard InChI is InChI=1S/C15H16F3N3O2S/c1-9(21-24(22)14(2,3)4)12-8-11(20-23-12)10-5-6-19-13(7-10)15(16,17)18/h5-8H,1-4H3/b21-9+. The molecule has 130 valence electrons. The minimum absolute atomic E-state index is 0.217. The van der Waals surface area contributed by atoms with Gasteiger partial charge in [-0.15, -0.1) is 0 Å². The molecule has 0 bridgehead atoms. The van der Waals surface area contributed by atoms with Crippen molar-refractivity contribution in [2.24, 2.45) is 4.40 Å². The van der Waals surface area contributed by atoms with Crippen molar-refractivity contribution in [3.63, 3.8) is 0 Å². The SMILES string of the molecule is C/C(=N\S(=O)C(C)(C)C)c1cc(-c2ccnc(C(F)(F)F)c2)no1. The molecule has 1 unspecified atom stereocenters. The van der Waals surface area contributed by atoms with Crippen molar-refractivity contribution in [3.05, 3.63) is 35.9 Å². The number of rotatable bonds is 3. The summed E-state index contributed by atoms with van der Waals surface area (Å²) in [7, 11) is -1.48. The molecule has 0 amide bonds. The summed E-state index contributed by atoms with van der Waals surface area (Å²) in [4.78, 5) is 3.30. The summed E-state index contributed by atoms with van der Waals surface area (Å²) in [6.45, 7) is 6.94. The summed E-state index contributed by atoms with van der Waals surface area (Å²) in [5.74, 6) is 0.243. The molecule has 0 saturated carbocycles. The highest BCUT2D eigenvalue weighted by Gasteiger charge is 2.32. The van der Waals surface area contributed by atoms with Crippen LogP contribution in [0.4, 0.5) is 13.2 Å². The van der Waals surface area contributed by atoms with Crippen LogP contribution in [0.2, 0.25) is 0 Å². The van der Waals surface area contributed by atoms with Crippen LogP contribution < -0.4 is 0 Å². The molecular weight excluding hydrogens is 343 g/mol. The summed E-state index contributed by atoms with van der Waals surface area (Å²) in [6, 6.07) is 3.74. The van der Waals surface area contributed by atoms with Gasteiger partial charge in [0, 0.05) is 17.8 Å². The zero-order valence-electron chi connectivity index (χ0n) is 13.5. The summed E-state index contributed by atoms with van der Waals surface area (Å²) in [5, 5.41) is 3.75. The van der Waals surface area contributed by atoms with Gasteiger partial charge in [-0.2, -0.15) is 17.6 Å². The summed E-state index contributed by atoms with van der Waals surface area (Å²) < 4.78 is 58.8. The normalized spacial score (nSPS) is 14.7. The maximum Gasteiger partial charge on any atom is 0.433 e. The minimum atomic E-state index is -4.54. The summed E-state index contributed by atoms with van der Waals surface area (Å²) in [6.07, 6.45) is -3.48. The van der Waals surface area contributed by atoms with Gasteiger partial charge in [0.05, 0.1) is 10.5 Å². The van der Waals surface area contributed by atoms with Gasteiger partial charge < -0.3 is 4.52 Å². The van der Waals surface area contributed by atoms with Crippen molar-refractivity contribution in [1.29, 1.82) is 0 Å². The van der Waals surface area contributed by atoms with E-state index in [0.717, 1.165) is 12.3 Å². The first kappa shape index (κ1) is 18.3. The molecule has 0 aromatic carbocycles. The van der Waals surface area contributed by atoms with Crippen LogP contribution in [0.5, 0.6) is 0 Å². The monoisotopic (exact) mass is 359 g/mol. The number of hydrogen-bond donors (Lipinski definition) is 0. The fourth-order valence-electron chi connectivity index (χ4n) is 1.63. The Hall–Kier alpha value is -2.03. The fourth-order valence-corrected chi connectivity index (χ4v) is 2.25. The van der Waals surface area contributed by atoms with Gasteiger partial charge >= 0.3 is 6.18 Å². The van der Waals surface area contributed by atoms with Gasteiger partial charge in [-0.05, 0) is 39.8 Å². The number of aromatic nitrogens is 2. The van der Waals surface area contributed by atoms with E-state index in [9.17, 15) is 17.4 Å². The molecule has 1 atom stereocenters. The van der Waals surface area contributed by atoms with E-state index in [-0.39, 0.29) is 17.0 Å². The van der Waals surface area contributed by atoms with E-state index < -0.39 is 27.6 Å². The number of pyridine rings is 1. The van der Waals surface area contributed by atoms with E-state index >= 15 is 0 Å². The number of halogens is 3. The van der Waals surface area contributed by atoms with Gasteiger partial charge in [-0.1, -0.05) is 5.16 Å². The molecule has 24 heavy (non-hydrogen) atoms. The molecule has 0 radical (unpaired) electrons. The lowest BCUT2D eigenvalue weighted by atomic mass is 10.1. The van der Waals surface area contributed by atoms with Crippen LogP contribution in [0.15, 0.2) is 33.3 Å². The fraction of sp³-hybridized carbons (Fsp3) is 0.400. The van der Waals surface area contributed by atoms with Crippen molar-refractivity contribution in [2.45, 2.75) is 38.6 Å². The number of alkyl halides is 3. The quantitative estimate of drug-likeness (QED) is 0.776. The molecule has 0 aliphatic heterocycles. The van der Waals surface area contributed by atoms with Crippen molar-refractivity contribution < 1.29 is 21.9 Å². The van der Waals surface area contributed by atoms with Gasteiger partial charge in [0.25, 0.3) is 0 Å². The molecular formula is C15H16F3N3O2S. The molecule has 0 aliphatic carbocycles. The molecule has 2 aromatic heterocycles. The smallest absolute Gasteiger partial charge is 0.354 e. The van der Waals surface area contributed by atoms with Crippen molar-refractivity contribution in [3.8, 4) is 11.3 Å². The number of hydrogen-bond acceptors (Lipinski definition) is 4. The van der Waals surface area contributed by atoms with Gasteiger partial charge in [0.1, 0.15) is 22.4 Å². The van der Waals surface area contributed by atoms with E-state index in [1.54, 1.807) is 27.7 Å². The van der Waals surface area contributed by atoms with Crippen LogP contribution in [0, 0.1) is 0 Å². The Labute approximate surface area is 139 Å². The van der Waals surface area contributed by atoms with Crippen LogP contribution in [0.25, 0.3) is 11.3 Å². The molecule has 2 heterocycles. The van der Waals surface area contributed by atoms with Gasteiger partial charge in [-0.3, -0.25) is 4.98 Å². The topological polar surface area (TPSA) is 68.3 Å². The maximum atomic E-state index is 12.7. The Morgan fingerprint density at radius 1 is 1.25 bits per heavy atom. The Kier molecular flexibility index (Phi) is 4.93. The van der Waals surface area contributed by atoms with E-state index in [4.69, 9.17) is 4.52 Å². The van der Waals surface area contributed by atoms with Gasteiger partial charge in [0.15, 0.2) is 5.76 Å². The second kappa shape index (κ2) is 6.46. The van der Waals surface area contributed by atoms with Gasteiger partial charge in [-0.25, -0.2) is 4.21 Å². The predicted molar refractivity (Wildman–Crippen MR) is 84.8 cm³/mol. The first-order chi connectivity index (χ1) is 11.0. The Morgan fingerprint density at radius 2 is 1.92 bits per heavy atom. The molecule has 0 aliphatic rings. The van der Waals surface area contributed by atoms with E-state index in [1.807, 2.05) is 0 Å². The van der Waals surface area contributed by atoms with E-state index in [1.165, 1.54) is 12.1 Å². The van der Waals surface area contributed by atoms with Crippen molar-refractivity contribution in [1.82, 2.24) is 10.1 Å². The maximum absolute atomic E-state index is 12.7. The third kappa shape index (κ3) is 4.28. The Balaban J connectivity index is 2.32. The zero-order valence-corrected chi connectivity index (χ0v) is 14.3. The highest BCUT2D eigenvalue weighted by Crippen LogP contribution is 2.30. The molecule has 9 heteroatoms. The molecule has 0 fully saturated rings. The lowest BCUT2D eigenvalue weighted by Gasteiger charge is -2.13. The van der Waals surface area contributed by atoms with Crippen LogP contribution >= 0.6 is 0 Å². The highest BCUT2D eigenvalue weighted by molar-refractivity contribution is 7.85. The third-order valence-corrected chi connectivity index (χ3v) is 4.44. The third-order valence-electron chi connectivity index (χ3n) is 2.96. The van der Waals surface area contributed by atoms with Crippen LogP contribution in [-0.4, -0.2) is 24.8 Å². The first-order valence-corrected chi connectivity index (χ1v) is 8.07. The van der Waals surface area contributed by atoms with E-state index in [0.29, 0.717) is 5.71 Å². The predicted octanol–water partition coefficient (Wildman–Crippen LogP) is 4.03. The molecule has 2 rings (SSSR count). The Morgan fingerprint density at radius 3 is 2.50 bits per heavy atom. The molecule has 5 nitrogen and oxygen atoms in total. The van der Waals surface area contributed by atoms with E-state index in [2.05, 4.69) is 14.5 Å². The van der Waals surface area contributed by atoms with Crippen molar-refractivity contribution >= 4 is 16.7 Å². The summed E-state index contributed by atoms with van der Waals surface area (Å²) in [5.41, 5.74) is -0.220. The van der Waals surface area contributed by atoms with Crippen molar-refractivity contribution in [2.75, 3.05) is 0 Å². The molecule has 0 N–H and O–H groups in total. The van der Waals surface area contributed by atoms with Crippen LogP contribution in [-0.2, 0) is 17.2 Å². The highest BCUT2D eigenvalue weighted by atomic mass is 32.2. The second-order valence-corrected chi connectivity index (χ2v) is 7.95. The largest absolute Gasteiger partial charge is 0.433 e. The average molecular weight is 359 g/mol. The second-order valence-electron chi connectivity index (χ2n) is 6.04. The van der Waals surface area contributed by atoms with Gasteiger partial charge in [0.2, 0.25) is 0 Å². The minimum Gasteiger partial charge on any atom is -0.354 e. The Bertz CT molecular complexity index is 792. The lowest BCUT2D eigenvalue weighted by molar-refractivity contribution is -0.141. The van der Waals surface area contributed by atoms with Crippen LogP contribution in [0.3, 0.4) is 0 Å².